The maximum atomic E-state index is 14.2. The number of phosphoric acid groups is 1. The Balaban J connectivity index is 1.52. The number of fused-ring (bicyclic) bond motifs is 5. The fourth-order valence-corrected chi connectivity index (χ4v) is 6.18. The number of pyridine rings is 1. The first-order valence-corrected chi connectivity index (χ1v) is 15.8. The molecule has 0 saturated carbocycles. The Morgan fingerprint density at radius 3 is 2.67 bits per heavy atom. The highest BCUT2D eigenvalue weighted by atomic mass is 31.2. The van der Waals surface area contributed by atoms with Crippen LogP contribution in [0.3, 0.4) is 0 Å². The minimum atomic E-state index is -4.74. The van der Waals surface area contributed by atoms with Crippen LogP contribution >= 0.6 is 7.82 Å². The first-order chi connectivity index (χ1) is 21.7. The highest BCUT2D eigenvalue weighted by Gasteiger charge is 2.54. The zero-order valence-corrected chi connectivity index (χ0v) is 25.6. The number of nitrogens with zero attached hydrogens (tertiary/aromatic N) is 3. The number of nitrogens with one attached hydrogen (secondary N) is 1. The van der Waals surface area contributed by atoms with E-state index in [0.29, 0.717) is 31.0 Å². The van der Waals surface area contributed by atoms with Crippen molar-refractivity contribution >= 4 is 31.5 Å². The van der Waals surface area contributed by atoms with Crippen molar-refractivity contribution in [3.05, 3.63) is 63.1 Å². The molecule has 1 aromatic heterocycles. The number of ether oxygens (including phenoxy) is 2. The maximum absolute atomic E-state index is 14.2. The molecule has 3 aliphatic rings. The van der Waals surface area contributed by atoms with Gasteiger partial charge in [0.2, 0.25) is 11.2 Å². The number of carbonyl (C=O) groups excluding carboxylic acids is 3. The molecule has 4 heterocycles. The van der Waals surface area contributed by atoms with E-state index in [9.17, 15) is 32.5 Å². The first-order valence-electron chi connectivity index (χ1n) is 14.3. The van der Waals surface area contributed by atoms with E-state index in [2.05, 4.69) is 15.0 Å². The smallest absolute Gasteiger partial charge is 0.434 e. The largest absolute Gasteiger partial charge is 0.514 e. The Kier molecular flexibility index (Phi) is 9.31. The van der Waals surface area contributed by atoms with E-state index >= 15 is 0 Å². The lowest BCUT2D eigenvalue weighted by molar-refractivity contribution is -0.0655. The van der Waals surface area contributed by atoms with Crippen molar-refractivity contribution in [3.8, 4) is 5.75 Å². The third-order valence-electron chi connectivity index (χ3n) is 8.08. The molecule has 1 aromatic carbocycles. The van der Waals surface area contributed by atoms with Crippen molar-refractivity contribution in [2.45, 2.75) is 63.8 Å². The minimum Gasteiger partial charge on any atom is -0.434 e. The van der Waals surface area contributed by atoms with Gasteiger partial charge in [0.15, 0.2) is 11.3 Å². The molecule has 1 spiro atoms. The molecule has 1 fully saturated rings. The predicted octanol–water partition coefficient (Wildman–Crippen LogP) is 2.79. The quantitative estimate of drug-likeness (QED) is 0.202. The van der Waals surface area contributed by atoms with Gasteiger partial charge in [0.25, 0.3) is 11.8 Å². The minimum absolute atomic E-state index is 0.0647. The third kappa shape index (κ3) is 6.82. The lowest BCUT2D eigenvalue weighted by Gasteiger charge is -2.42. The van der Waals surface area contributed by atoms with Crippen molar-refractivity contribution in [1.82, 2.24) is 14.8 Å². The second-order valence-corrected chi connectivity index (χ2v) is 12.5. The summed E-state index contributed by atoms with van der Waals surface area (Å²) in [5, 5.41) is 6.54. The van der Waals surface area contributed by atoms with Crippen LogP contribution in [0.25, 0.3) is 0 Å². The van der Waals surface area contributed by atoms with Crippen molar-refractivity contribution in [1.29, 1.82) is 0 Å². The molecule has 15 nitrogen and oxygen atoms in total. The summed E-state index contributed by atoms with van der Waals surface area (Å²) >= 11 is 0. The Hall–Kier alpha value is -4.18. The second kappa shape index (κ2) is 12.9. The summed E-state index contributed by atoms with van der Waals surface area (Å²) < 4.78 is 54.3. The zero-order valence-electron chi connectivity index (χ0n) is 24.7. The van der Waals surface area contributed by atoms with Crippen LogP contribution < -0.4 is 15.5 Å². The molecule has 46 heavy (non-hydrogen) atoms. The molecule has 3 N–H and O–H groups in total. The molecule has 2 aromatic rings. The molecule has 3 aliphatic heterocycles. The summed E-state index contributed by atoms with van der Waals surface area (Å²) in [6, 6.07) is 1.79. The summed E-state index contributed by atoms with van der Waals surface area (Å²) in [4.78, 5) is 78.8. The molecule has 18 heteroatoms. The average molecular weight is 669 g/mol. The van der Waals surface area contributed by atoms with Gasteiger partial charge < -0.3 is 38.9 Å². The highest BCUT2D eigenvalue weighted by molar-refractivity contribution is 7.46. The molecule has 1 saturated heterocycles. The van der Waals surface area contributed by atoms with Gasteiger partial charge in [-0.3, -0.25) is 18.9 Å². The number of hydrogen-bond donors (Lipinski definition) is 3. The van der Waals surface area contributed by atoms with E-state index in [0.717, 1.165) is 12.1 Å². The van der Waals surface area contributed by atoms with Gasteiger partial charge in [0.05, 0.1) is 25.0 Å². The van der Waals surface area contributed by atoms with E-state index in [1.165, 1.54) is 15.7 Å². The zero-order chi connectivity index (χ0) is 33.4. The number of benzene rings is 1. The SMILES string of the molecule is CC1=NO[C@@]2(CC[C@H](C)N3C[C@H]2n2cc(C(=O)NCc4ccc(F)cc4F)c(=O)c(OC(=O)OCCCOP(=O)(O)O)c2C3=O)C1. The molecule has 2 amide bonds. The van der Waals surface area contributed by atoms with Crippen LogP contribution in [-0.2, 0) is 25.2 Å². The van der Waals surface area contributed by atoms with E-state index in [1.807, 2.05) is 6.92 Å². The molecule has 0 aliphatic carbocycles. The monoisotopic (exact) mass is 668 g/mol. The van der Waals surface area contributed by atoms with Crippen molar-refractivity contribution in [2.24, 2.45) is 5.16 Å². The summed E-state index contributed by atoms with van der Waals surface area (Å²) in [5.41, 5.74) is -2.34. The van der Waals surface area contributed by atoms with Crippen LogP contribution in [0.1, 0.15) is 72.0 Å². The van der Waals surface area contributed by atoms with Gasteiger partial charge in [-0.05, 0) is 32.8 Å². The van der Waals surface area contributed by atoms with Crippen molar-refractivity contribution < 1.29 is 56.4 Å². The summed E-state index contributed by atoms with van der Waals surface area (Å²) in [7, 11) is -4.74. The number of rotatable bonds is 9. The van der Waals surface area contributed by atoms with E-state index in [1.54, 1.807) is 6.92 Å². The highest BCUT2D eigenvalue weighted by Crippen LogP contribution is 2.46. The summed E-state index contributed by atoms with van der Waals surface area (Å²) in [6.07, 6.45) is 0.964. The topological polar surface area (TPSA) is 195 Å². The normalized spacial score (nSPS) is 22.1. The Morgan fingerprint density at radius 2 is 2.00 bits per heavy atom. The van der Waals surface area contributed by atoms with E-state index < -0.39 is 85.6 Å². The van der Waals surface area contributed by atoms with Crippen LogP contribution in [-0.4, -0.2) is 74.3 Å². The molecule has 248 valence electrons. The lowest BCUT2D eigenvalue weighted by Crippen LogP contribution is -2.52. The number of aromatic nitrogens is 1. The van der Waals surface area contributed by atoms with Gasteiger partial charge in [-0.25, -0.2) is 18.1 Å². The maximum Gasteiger partial charge on any atom is 0.514 e. The van der Waals surface area contributed by atoms with Crippen molar-refractivity contribution in [2.75, 3.05) is 19.8 Å². The van der Waals surface area contributed by atoms with Crippen LogP contribution in [0.2, 0.25) is 0 Å². The molecular formula is C28H31F2N4O11P. The van der Waals surface area contributed by atoms with Gasteiger partial charge >= 0.3 is 14.0 Å². The number of phosphoric ester groups is 1. The van der Waals surface area contributed by atoms with Gasteiger partial charge in [-0.2, -0.15) is 0 Å². The Bertz CT molecular complexity index is 1710. The lowest BCUT2D eigenvalue weighted by atomic mass is 9.84. The number of amides is 2. The van der Waals surface area contributed by atoms with E-state index in [4.69, 9.17) is 24.1 Å². The van der Waals surface area contributed by atoms with Gasteiger partial charge in [0.1, 0.15) is 17.2 Å². The van der Waals surface area contributed by atoms with Gasteiger partial charge in [0, 0.05) is 49.8 Å². The van der Waals surface area contributed by atoms with Gasteiger partial charge in [-0.1, -0.05) is 11.2 Å². The molecular weight excluding hydrogens is 637 g/mol. The van der Waals surface area contributed by atoms with Crippen molar-refractivity contribution in [3.63, 3.8) is 0 Å². The molecule has 3 atom stereocenters. The Labute approximate surface area is 260 Å². The number of hydrogen-bond acceptors (Lipinski definition) is 10. The average Bonchev–Trinajstić information content (AvgIpc) is 3.31. The van der Waals surface area contributed by atoms with Crippen LogP contribution in [0, 0.1) is 11.6 Å². The van der Waals surface area contributed by atoms with Crippen LogP contribution in [0.15, 0.2) is 34.3 Å². The van der Waals surface area contributed by atoms with Gasteiger partial charge in [-0.15, -0.1) is 0 Å². The number of halogens is 2. The molecule has 5 rings (SSSR count). The summed E-state index contributed by atoms with van der Waals surface area (Å²) in [6.45, 7) is 2.42. The van der Waals surface area contributed by atoms with E-state index in [-0.39, 0.29) is 30.3 Å². The fourth-order valence-electron chi connectivity index (χ4n) is 5.81. The Morgan fingerprint density at radius 1 is 1.24 bits per heavy atom. The fraction of sp³-hybridized carbons (Fsp3) is 0.464. The van der Waals surface area contributed by atoms with Crippen LogP contribution in [0.4, 0.5) is 13.6 Å². The predicted molar refractivity (Wildman–Crippen MR) is 153 cm³/mol. The summed E-state index contributed by atoms with van der Waals surface area (Å²) in [5.74, 6) is -4.18. The molecule has 0 unspecified atom stereocenters. The first kappa shape index (κ1) is 33.2. The number of oxime groups is 1. The third-order valence-corrected chi connectivity index (χ3v) is 8.60. The van der Waals surface area contributed by atoms with Crippen LogP contribution in [0.5, 0.6) is 5.75 Å². The standard InChI is InChI=1S/C28H31F2N4O11P/c1-15-11-28(45-32-15)7-6-16(2)33-14-21(28)34-13-19(25(36)31-12-17-4-5-18(29)10-20(17)30)23(35)24(22(34)26(33)37)44-27(38)42-8-3-9-43-46(39,40)41/h4-5,10,13,16,21H,3,6-9,11-12,14H2,1-2H3,(H,31,36)(H2,39,40,41)/t16-,21+,28-/m0/s1. The second-order valence-electron chi connectivity index (χ2n) is 11.3. The molecule has 2 bridgehead atoms. The number of carbonyl (C=O) groups is 3. The molecule has 0 radical (unpaired) electrons.